The molecule has 174 valence electrons. The summed E-state index contributed by atoms with van der Waals surface area (Å²) in [5.41, 5.74) is 4.33. The molecule has 0 spiro atoms. The number of carbonyl (C=O) groups is 1. The average molecular weight is 458 g/mol. The number of aryl methyl sites for hydroxylation is 1. The minimum absolute atomic E-state index is 0. The van der Waals surface area contributed by atoms with Gasteiger partial charge in [-0.25, -0.2) is 0 Å². The van der Waals surface area contributed by atoms with Crippen LogP contribution in [0.1, 0.15) is 63.1 Å². The van der Waals surface area contributed by atoms with Gasteiger partial charge in [0.25, 0.3) is 0 Å². The Labute approximate surface area is 198 Å². The zero-order valence-corrected chi connectivity index (χ0v) is 20.2. The monoisotopic (exact) mass is 457 g/mol. The lowest BCUT2D eigenvalue weighted by atomic mass is 9.69. The molecule has 4 rings (SSSR count). The van der Waals surface area contributed by atoms with E-state index in [0.717, 1.165) is 29.3 Å². The molecular weight excluding hydrogens is 422 g/mol. The van der Waals surface area contributed by atoms with Crippen molar-refractivity contribution >= 4 is 18.4 Å². The predicted molar refractivity (Wildman–Crippen MR) is 130 cm³/mol. The second-order valence-electron chi connectivity index (χ2n) is 10.2. The molecule has 0 radical (unpaired) electrons. The number of aliphatic carboxylic acids is 1. The molecule has 2 aromatic rings. The Balaban J connectivity index is 0.00000289. The number of hydrogen-bond donors (Lipinski definition) is 2. The Morgan fingerprint density at radius 1 is 1.03 bits per heavy atom. The molecule has 0 saturated heterocycles. The molecule has 0 heterocycles. The molecule has 4 nitrogen and oxygen atoms in total. The topological polar surface area (TPSA) is 58.6 Å². The first kappa shape index (κ1) is 24.6. The van der Waals surface area contributed by atoms with Crippen LogP contribution < -0.4 is 10.1 Å². The van der Waals surface area contributed by atoms with Crippen molar-refractivity contribution in [1.29, 1.82) is 0 Å². The summed E-state index contributed by atoms with van der Waals surface area (Å²) >= 11 is 0. The molecule has 3 atom stereocenters. The van der Waals surface area contributed by atoms with Gasteiger partial charge < -0.3 is 15.2 Å². The fourth-order valence-electron chi connectivity index (χ4n) is 5.68. The molecule has 0 amide bonds. The van der Waals surface area contributed by atoms with Gasteiger partial charge in [0.05, 0.1) is 0 Å². The van der Waals surface area contributed by atoms with E-state index in [4.69, 9.17) is 9.84 Å². The van der Waals surface area contributed by atoms with Gasteiger partial charge >= 0.3 is 5.97 Å². The van der Waals surface area contributed by atoms with Crippen molar-refractivity contribution in [3.63, 3.8) is 0 Å². The maximum absolute atomic E-state index is 10.7. The van der Waals surface area contributed by atoms with Crippen LogP contribution in [0.15, 0.2) is 48.5 Å². The van der Waals surface area contributed by atoms with Gasteiger partial charge in [0, 0.05) is 19.0 Å². The Hall–Kier alpha value is -2.04. The van der Waals surface area contributed by atoms with Crippen molar-refractivity contribution in [2.75, 3.05) is 0 Å². The van der Waals surface area contributed by atoms with Crippen molar-refractivity contribution < 1.29 is 14.6 Å². The van der Waals surface area contributed by atoms with Gasteiger partial charge in [-0.3, -0.25) is 4.79 Å². The lowest BCUT2D eigenvalue weighted by Crippen LogP contribution is -2.44. The minimum Gasteiger partial charge on any atom is -0.489 e. The summed E-state index contributed by atoms with van der Waals surface area (Å²) in [6.07, 6.45) is 4.74. The molecular formula is C27H36ClNO3. The van der Waals surface area contributed by atoms with Crippen molar-refractivity contribution in [3.05, 3.63) is 65.2 Å². The lowest BCUT2D eigenvalue weighted by molar-refractivity contribution is -0.136. The van der Waals surface area contributed by atoms with Crippen LogP contribution in [0.4, 0.5) is 0 Å². The predicted octanol–water partition coefficient (Wildman–Crippen LogP) is 6.01. The van der Waals surface area contributed by atoms with Gasteiger partial charge in [-0.15, -0.1) is 12.4 Å². The molecule has 2 N–H and O–H groups in total. The number of rotatable bonds is 9. The van der Waals surface area contributed by atoms with Crippen molar-refractivity contribution in [3.8, 4) is 5.75 Å². The van der Waals surface area contributed by atoms with Crippen molar-refractivity contribution in [2.45, 2.75) is 72.1 Å². The van der Waals surface area contributed by atoms with Gasteiger partial charge in [-0.05, 0) is 71.3 Å². The van der Waals surface area contributed by atoms with Crippen LogP contribution in [0.5, 0.6) is 5.75 Å². The summed E-state index contributed by atoms with van der Waals surface area (Å²) in [6.45, 7) is 8.85. The summed E-state index contributed by atoms with van der Waals surface area (Å²) in [5.74, 6) is 0.894. The first-order valence-corrected chi connectivity index (χ1v) is 11.5. The third kappa shape index (κ3) is 4.97. The summed E-state index contributed by atoms with van der Waals surface area (Å²) in [6, 6.07) is 17.0. The maximum Gasteiger partial charge on any atom is 0.303 e. The number of benzene rings is 2. The molecule has 0 aliphatic heterocycles. The Kier molecular flexibility index (Phi) is 7.57. The molecule has 2 aliphatic rings. The molecule has 5 heteroatoms. The fraction of sp³-hybridized carbons (Fsp3) is 0.519. The molecule has 2 fully saturated rings. The number of nitrogens with one attached hydrogen (secondary N) is 1. The average Bonchev–Trinajstić information content (AvgIpc) is 3.09. The van der Waals surface area contributed by atoms with E-state index in [-0.39, 0.29) is 18.8 Å². The smallest absolute Gasteiger partial charge is 0.303 e. The van der Waals surface area contributed by atoms with Gasteiger partial charge in [0.1, 0.15) is 12.4 Å². The normalized spacial score (nSPS) is 25.3. The van der Waals surface area contributed by atoms with E-state index in [1.54, 1.807) is 0 Å². The van der Waals surface area contributed by atoms with E-state index in [9.17, 15) is 4.79 Å². The van der Waals surface area contributed by atoms with Crippen LogP contribution in [0, 0.1) is 16.7 Å². The minimum atomic E-state index is -0.771. The molecule has 0 aromatic heterocycles. The summed E-state index contributed by atoms with van der Waals surface area (Å²) in [4.78, 5) is 10.7. The van der Waals surface area contributed by atoms with Gasteiger partial charge in [-0.2, -0.15) is 0 Å². The Morgan fingerprint density at radius 2 is 1.66 bits per heavy atom. The zero-order chi connectivity index (χ0) is 22.1. The highest BCUT2D eigenvalue weighted by Gasteiger charge is 2.60. The third-order valence-corrected chi connectivity index (χ3v) is 8.33. The Bertz CT molecular complexity index is 910. The van der Waals surface area contributed by atoms with E-state index >= 15 is 0 Å². The lowest BCUT2D eigenvalue weighted by Gasteiger charge is -2.39. The number of halogens is 1. The van der Waals surface area contributed by atoms with E-state index in [1.165, 1.54) is 24.8 Å². The highest BCUT2D eigenvalue weighted by molar-refractivity contribution is 5.85. The second-order valence-corrected chi connectivity index (χ2v) is 10.2. The first-order chi connectivity index (χ1) is 14.8. The van der Waals surface area contributed by atoms with E-state index < -0.39 is 5.97 Å². The van der Waals surface area contributed by atoms with E-state index in [2.05, 4.69) is 50.4 Å². The summed E-state index contributed by atoms with van der Waals surface area (Å²) in [7, 11) is 0. The number of hydrogen-bond acceptors (Lipinski definition) is 3. The highest BCUT2D eigenvalue weighted by Crippen LogP contribution is 2.65. The molecule has 2 bridgehead atoms. The molecule has 2 aliphatic carbocycles. The van der Waals surface area contributed by atoms with Crippen LogP contribution in [0.25, 0.3) is 0 Å². The van der Waals surface area contributed by atoms with E-state index in [0.29, 0.717) is 29.9 Å². The first-order valence-electron chi connectivity index (χ1n) is 11.5. The molecule has 32 heavy (non-hydrogen) atoms. The standard InChI is InChI=1S/C27H35NO3.ClH/c1-26(2)22-14-15-27(26,3)24(16-22)28-17-20-4-6-21(7-5-20)18-31-23-11-8-19(9-12-23)10-13-25(29)30;/h4-9,11-12,22,24,28H,10,13-18H2,1-3H3,(H,29,30);1H/t22-,24-,27+;/m1./s1. The molecule has 2 aromatic carbocycles. The fourth-order valence-corrected chi connectivity index (χ4v) is 5.68. The van der Waals surface area contributed by atoms with Crippen LogP contribution in [0.2, 0.25) is 0 Å². The quantitative estimate of drug-likeness (QED) is 0.484. The SMILES string of the molecule is CC1(C)[C@@H]2CC[C@@]1(C)[C@H](NCc1ccc(COc3ccc(CCC(=O)O)cc3)cc1)C2.Cl. The number of fused-ring (bicyclic) bond motifs is 2. The van der Waals surface area contributed by atoms with Crippen molar-refractivity contribution in [2.24, 2.45) is 16.7 Å². The maximum atomic E-state index is 10.7. The number of ether oxygens (including phenoxy) is 1. The van der Waals surface area contributed by atoms with E-state index in [1.807, 2.05) is 24.3 Å². The van der Waals surface area contributed by atoms with Crippen LogP contribution in [-0.4, -0.2) is 17.1 Å². The zero-order valence-electron chi connectivity index (χ0n) is 19.4. The molecule has 0 unspecified atom stereocenters. The van der Waals surface area contributed by atoms with Crippen LogP contribution in [-0.2, 0) is 24.4 Å². The van der Waals surface area contributed by atoms with Crippen LogP contribution >= 0.6 is 12.4 Å². The number of carboxylic acids is 1. The van der Waals surface area contributed by atoms with Gasteiger partial charge in [-0.1, -0.05) is 57.2 Å². The second kappa shape index (κ2) is 9.84. The number of carboxylic acid groups (broad SMARTS) is 1. The summed E-state index contributed by atoms with van der Waals surface area (Å²) < 4.78 is 5.89. The largest absolute Gasteiger partial charge is 0.489 e. The summed E-state index contributed by atoms with van der Waals surface area (Å²) in [5, 5.41) is 12.6. The van der Waals surface area contributed by atoms with Crippen molar-refractivity contribution in [1.82, 2.24) is 5.32 Å². The highest BCUT2D eigenvalue weighted by atomic mass is 35.5. The Morgan fingerprint density at radius 3 is 2.22 bits per heavy atom. The van der Waals surface area contributed by atoms with Gasteiger partial charge in [0.2, 0.25) is 0 Å². The van der Waals surface area contributed by atoms with Crippen LogP contribution in [0.3, 0.4) is 0 Å². The van der Waals surface area contributed by atoms with Gasteiger partial charge in [0.15, 0.2) is 0 Å². The molecule has 2 saturated carbocycles. The third-order valence-electron chi connectivity index (χ3n) is 8.33.